The van der Waals surface area contributed by atoms with Gasteiger partial charge in [0.25, 0.3) is 0 Å². The highest BCUT2D eigenvalue weighted by Gasteiger charge is 2.47. The van der Waals surface area contributed by atoms with Crippen LogP contribution in [-0.2, 0) is 19.6 Å². The molecule has 0 amide bonds. The number of aliphatic carboxylic acids is 1. The zero-order valence-corrected chi connectivity index (χ0v) is 13.4. The molecule has 2 rings (SSSR count). The Bertz CT molecular complexity index is 670. The molecule has 0 radical (unpaired) electrons. The van der Waals surface area contributed by atoms with Crippen molar-refractivity contribution in [3.05, 3.63) is 28.2 Å². The highest BCUT2D eigenvalue weighted by atomic mass is 35.5. The molecule has 1 aromatic carbocycles. The second-order valence-corrected chi connectivity index (χ2v) is 7.65. The minimum atomic E-state index is -3.78. The molecule has 1 aromatic rings. The van der Waals surface area contributed by atoms with Crippen molar-refractivity contribution >= 4 is 39.2 Å². The van der Waals surface area contributed by atoms with Gasteiger partial charge >= 0.3 is 5.97 Å². The number of hydrogen-bond acceptors (Lipinski definition) is 4. The van der Waals surface area contributed by atoms with Gasteiger partial charge in [0, 0.05) is 13.1 Å². The average molecular weight is 354 g/mol. The molecule has 1 heterocycles. The minimum absolute atomic E-state index is 0.0285. The first kappa shape index (κ1) is 16.5. The molecule has 0 saturated carbocycles. The average Bonchev–Trinajstić information content (AvgIpc) is 2.36. The zero-order chi connectivity index (χ0) is 15.8. The van der Waals surface area contributed by atoms with Crippen LogP contribution in [0.1, 0.15) is 6.92 Å². The van der Waals surface area contributed by atoms with E-state index in [1.54, 1.807) is 6.92 Å². The third kappa shape index (κ3) is 3.32. The Kier molecular flexibility index (Phi) is 4.51. The fourth-order valence-electron chi connectivity index (χ4n) is 2.02. The Labute approximate surface area is 132 Å². The van der Waals surface area contributed by atoms with E-state index in [0.717, 1.165) is 0 Å². The summed E-state index contributed by atoms with van der Waals surface area (Å²) < 4.78 is 31.2. The van der Waals surface area contributed by atoms with Crippen LogP contribution in [0.5, 0.6) is 0 Å². The molecule has 9 heteroatoms. The van der Waals surface area contributed by atoms with Gasteiger partial charge in [-0.05, 0) is 19.1 Å². The Morgan fingerprint density at radius 1 is 1.43 bits per heavy atom. The van der Waals surface area contributed by atoms with Gasteiger partial charge in [-0.2, -0.15) is 4.31 Å². The minimum Gasteiger partial charge on any atom is -0.480 e. The van der Waals surface area contributed by atoms with Gasteiger partial charge in [-0.3, -0.25) is 0 Å². The van der Waals surface area contributed by atoms with Crippen LogP contribution >= 0.6 is 23.2 Å². The van der Waals surface area contributed by atoms with E-state index < -0.39 is 28.2 Å². The topological polar surface area (TPSA) is 83.9 Å². The van der Waals surface area contributed by atoms with Gasteiger partial charge in [0.2, 0.25) is 10.0 Å². The maximum Gasteiger partial charge on any atom is 0.329 e. The van der Waals surface area contributed by atoms with Crippen LogP contribution in [0.4, 0.5) is 0 Å². The molecule has 0 aliphatic carbocycles. The van der Waals surface area contributed by atoms with E-state index in [1.807, 2.05) is 0 Å². The molecule has 0 unspecified atom stereocenters. The molecule has 6 nitrogen and oxygen atoms in total. The summed E-state index contributed by atoms with van der Waals surface area (Å²) in [7, 11) is -3.78. The van der Waals surface area contributed by atoms with E-state index in [1.165, 1.54) is 22.5 Å². The van der Waals surface area contributed by atoms with E-state index in [4.69, 9.17) is 33.0 Å². The lowest BCUT2D eigenvalue weighted by Gasteiger charge is -2.46. The number of hydrogen-bond donors (Lipinski definition) is 1. The molecular formula is C12H13Cl2NO5S. The second kappa shape index (κ2) is 5.73. The summed E-state index contributed by atoms with van der Waals surface area (Å²) >= 11 is 11.8. The first-order valence-corrected chi connectivity index (χ1v) is 8.15. The summed E-state index contributed by atoms with van der Waals surface area (Å²) in [6, 6.07) is 4.37. The lowest BCUT2D eigenvalue weighted by Crippen LogP contribution is -2.63. The third-order valence-corrected chi connectivity index (χ3v) is 5.86. The highest BCUT2D eigenvalue weighted by Crippen LogP contribution is 2.35. The normalized spacial score (nSPS) is 18.2. The summed E-state index contributed by atoms with van der Waals surface area (Å²) in [5.74, 6) is -1.10. The molecule has 0 bridgehead atoms. The van der Waals surface area contributed by atoms with Gasteiger partial charge in [-0.15, -0.1) is 0 Å². The number of sulfonamides is 1. The van der Waals surface area contributed by atoms with Crippen molar-refractivity contribution in [2.75, 3.05) is 19.7 Å². The van der Waals surface area contributed by atoms with E-state index >= 15 is 0 Å². The first-order chi connectivity index (χ1) is 9.66. The maximum absolute atomic E-state index is 12.4. The molecule has 1 aliphatic heterocycles. The second-order valence-electron chi connectivity index (χ2n) is 4.96. The van der Waals surface area contributed by atoms with Gasteiger partial charge in [0.15, 0.2) is 0 Å². The fraction of sp³-hybridized carbons (Fsp3) is 0.417. The van der Waals surface area contributed by atoms with Crippen molar-refractivity contribution in [3.63, 3.8) is 0 Å². The fourth-order valence-corrected chi connectivity index (χ4v) is 4.42. The van der Waals surface area contributed by atoms with Crippen molar-refractivity contribution in [2.24, 2.45) is 0 Å². The van der Waals surface area contributed by atoms with Crippen molar-refractivity contribution in [1.82, 2.24) is 4.31 Å². The van der Waals surface area contributed by atoms with Crippen LogP contribution < -0.4 is 0 Å². The smallest absolute Gasteiger partial charge is 0.329 e. The molecule has 1 aliphatic rings. The third-order valence-electron chi connectivity index (χ3n) is 3.10. The standard InChI is InChI=1S/C12H13Cl2NO5S/c1-12(20-5-10(16)17)6-15(7-12)21(18,19)9-4-2-3-8(13)11(9)14/h2-4H,5-7H2,1H3,(H,16,17). The van der Waals surface area contributed by atoms with Gasteiger partial charge in [0.05, 0.1) is 15.6 Å². The zero-order valence-electron chi connectivity index (χ0n) is 11.0. The van der Waals surface area contributed by atoms with E-state index in [9.17, 15) is 13.2 Å². The number of carboxylic acids is 1. The Morgan fingerprint density at radius 3 is 2.62 bits per heavy atom. The summed E-state index contributed by atoms with van der Waals surface area (Å²) in [6.07, 6.45) is 0. The largest absolute Gasteiger partial charge is 0.480 e. The van der Waals surface area contributed by atoms with Crippen LogP contribution in [0.25, 0.3) is 0 Å². The predicted octanol–water partition coefficient (Wildman–Crippen LogP) is 1.86. The lowest BCUT2D eigenvalue weighted by atomic mass is 10.0. The van der Waals surface area contributed by atoms with Crippen LogP contribution in [0.15, 0.2) is 23.1 Å². The molecule has 1 N–H and O–H groups in total. The van der Waals surface area contributed by atoms with E-state index in [0.29, 0.717) is 0 Å². The van der Waals surface area contributed by atoms with Crippen LogP contribution in [-0.4, -0.2) is 49.1 Å². The molecule has 0 aromatic heterocycles. The molecule has 0 atom stereocenters. The molecule has 1 fully saturated rings. The van der Waals surface area contributed by atoms with Crippen LogP contribution in [0, 0.1) is 0 Å². The number of benzene rings is 1. The number of rotatable bonds is 5. The monoisotopic (exact) mass is 353 g/mol. The van der Waals surface area contributed by atoms with Gasteiger partial charge in [0.1, 0.15) is 11.5 Å². The number of carboxylic acid groups (broad SMARTS) is 1. The van der Waals surface area contributed by atoms with Crippen molar-refractivity contribution in [3.8, 4) is 0 Å². The maximum atomic E-state index is 12.4. The van der Waals surface area contributed by atoms with Crippen LogP contribution in [0.2, 0.25) is 10.0 Å². The van der Waals surface area contributed by atoms with Crippen molar-refractivity contribution < 1.29 is 23.1 Å². The van der Waals surface area contributed by atoms with Gasteiger partial charge in [-0.25, -0.2) is 13.2 Å². The molecular weight excluding hydrogens is 341 g/mol. The summed E-state index contributed by atoms with van der Waals surface area (Å²) in [5.41, 5.74) is -0.809. The first-order valence-electron chi connectivity index (χ1n) is 5.96. The summed E-state index contributed by atoms with van der Waals surface area (Å²) in [5, 5.41) is 8.71. The lowest BCUT2D eigenvalue weighted by molar-refractivity contribution is -0.157. The Hall–Kier alpha value is -0.860. The molecule has 1 saturated heterocycles. The summed E-state index contributed by atoms with van der Waals surface area (Å²) in [4.78, 5) is 10.4. The number of ether oxygens (including phenoxy) is 1. The van der Waals surface area contributed by atoms with E-state index in [-0.39, 0.29) is 28.0 Å². The van der Waals surface area contributed by atoms with Crippen molar-refractivity contribution in [2.45, 2.75) is 17.4 Å². The molecule has 21 heavy (non-hydrogen) atoms. The Balaban J connectivity index is 2.14. The van der Waals surface area contributed by atoms with Gasteiger partial charge < -0.3 is 9.84 Å². The predicted molar refractivity (Wildman–Crippen MR) is 77.2 cm³/mol. The van der Waals surface area contributed by atoms with Gasteiger partial charge in [-0.1, -0.05) is 29.3 Å². The quantitative estimate of drug-likeness (QED) is 0.873. The van der Waals surface area contributed by atoms with Crippen molar-refractivity contribution in [1.29, 1.82) is 0 Å². The number of nitrogens with zero attached hydrogens (tertiary/aromatic N) is 1. The number of carbonyl (C=O) groups is 1. The number of halogens is 2. The highest BCUT2D eigenvalue weighted by molar-refractivity contribution is 7.89. The summed E-state index contributed by atoms with van der Waals surface area (Å²) in [6.45, 7) is 1.31. The molecule has 116 valence electrons. The van der Waals surface area contributed by atoms with Crippen LogP contribution in [0.3, 0.4) is 0 Å². The Morgan fingerprint density at radius 2 is 2.05 bits per heavy atom. The molecule has 0 spiro atoms. The SMILES string of the molecule is CC1(OCC(=O)O)CN(S(=O)(=O)c2cccc(Cl)c2Cl)C1. The van der Waals surface area contributed by atoms with E-state index in [2.05, 4.69) is 0 Å².